The molecular weight excluding hydrogens is 366 g/mol. The number of nitriles is 1. The predicted molar refractivity (Wildman–Crippen MR) is 107 cm³/mol. The molecule has 0 aliphatic carbocycles. The number of ether oxygens (including phenoxy) is 1. The van der Waals surface area contributed by atoms with Crippen LogP contribution < -0.4 is 0 Å². The number of pyridine rings is 1. The molecule has 0 saturated carbocycles. The average Bonchev–Trinajstić information content (AvgIpc) is 3.30. The van der Waals surface area contributed by atoms with Gasteiger partial charge in [-0.1, -0.05) is 5.21 Å². The lowest BCUT2D eigenvalue weighted by Crippen LogP contribution is -2.27. The van der Waals surface area contributed by atoms with Crippen molar-refractivity contribution in [3.8, 4) is 6.07 Å². The highest BCUT2D eigenvalue weighted by atomic mass is 16.5. The van der Waals surface area contributed by atoms with E-state index in [1.54, 1.807) is 6.07 Å². The van der Waals surface area contributed by atoms with Crippen LogP contribution in [0.5, 0.6) is 0 Å². The highest BCUT2D eigenvalue weighted by molar-refractivity contribution is 6.02. The minimum Gasteiger partial charge on any atom is -0.378 e. The van der Waals surface area contributed by atoms with Crippen LogP contribution in [0.1, 0.15) is 42.9 Å². The first kappa shape index (κ1) is 17.8. The molecule has 1 aliphatic heterocycles. The average molecular weight is 387 g/mol. The summed E-state index contributed by atoms with van der Waals surface area (Å²) in [7, 11) is 0. The number of imidazole rings is 1. The lowest BCUT2D eigenvalue weighted by atomic mass is 10.0. The Morgan fingerprint density at radius 3 is 2.97 bits per heavy atom. The van der Waals surface area contributed by atoms with Crippen molar-refractivity contribution < 1.29 is 4.74 Å². The van der Waals surface area contributed by atoms with Gasteiger partial charge in [-0.25, -0.2) is 9.67 Å². The molecule has 1 aliphatic rings. The van der Waals surface area contributed by atoms with Gasteiger partial charge in [-0.15, -0.1) is 5.10 Å². The molecule has 0 bridgehead atoms. The smallest absolute Gasteiger partial charge is 0.132 e. The normalized spacial score (nSPS) is 19.6. The number of nitrogens with zero attached hydrogens (tertiary/aromatic N) is 7. The van der Waals surface area contributed by atoms with Crippen LogP contribution in [0.15, 0.2) is 30.6 Å². The maximum atomic E-state index is 9.40. The largest absolute Gasteiger partial charge is 0.378 e. The first-order valence-corrected chi connectivity index (χ1v) is 9.80. The number of hydrogen-bond acceptors (Lipinski definition) is 6. The van der Waals surface area contributed by atoms with Crippen LogP contribution in [-0.4, -0.2) is 42.2 Å². The van der Waals surface area contributed by atoms with Gasteiger partial charge >= 0.3 is 0 Å². The zero-order valence-corrected chi connectivity index (χ0v) is 16.4. The van der Waals surface area contributed by atoms with E-state index in [9.17, 15) is 5.26 Å². The third-order valence-corrected chi connectivity index (χ3v) is 5.50. The summed E-state index contributed by atoms with van der Waals surface area (Å²) in [5.41, 5.74) is 4.21. The van der Waals surface area contributed by atoms with Crippen LogP contribution in [0.4, 0.5) is 0 Å². The first-order valence-electron chi connectivity index (χ1n) is 9.80. The van der Waals surface area contributed by atoms with Crippen molar-refractivity contribution in [1.82, 2.24) is 29.5 Å². The summed E-state index contributed by atoms with van der Waals surface area (Å²) >= 11 is 0. The number of aromatic nitrogens is 6. The molecule has 4 aromatic rings. The molecule has 29 heavy (non-hydrogen) atoms. The predicted octanol–water partition coefficient (Wildman–Crippen LogP) is 3.14. The standard InChI is InChI=1S/C21H21N7O/c1-13-11-27(26-25-13)12-20-24-19-10-23-18-4-3-15(9-22)8-17(18)21(19)28(20)16-5-6-29-14(2)7-16/h3-4,8,10-11,14,16H,5-7,12H2,1-2H3/t14-,16-/m1/s1. The van der Waals surface area contributed by atoms with E-state index in [0.29, 0.717) is 12.1 Å². The minimum atomic E-state index is 0.190. The molecule has 0 radical (unpaired) electrons. The van der Waals surface area contributed by atoms with E-state index in [-0.39, 0.29) is 12.1 Å². The quantitative estimate of drug-likeness (QED) is 0.536. The van der Waals surface area contributed by atoms with Gasteiger partial charge in [-0.05, 0) is 44.9 Å². The van der Waals surface area contributed by atoms with Gasteiger partial charge in [0, 0.05) is 24.2 Å². The Balaban J connectivity index is 1.75. The zero-order valence-electron chi connectivity index (χ0n) is 16.4. The molecule has 1 saturated heterocycles. The van der Waals surface area contributed by atoms with Crippen molar-refractivity contribution in [1.29, 1.82) is 5.26 Å². The van der Waals surface area contributed by atoms with E-state index in [1.165, 1.54) is 0 Å². The number of benzene rings is 1. The summed E-state index contributed by atoms with van der Waals surface area (Å²) in [5.74, 6) is 0.917. The second kappa shape index (κ2) is 6.94. The zero-order chi connectivity index (χ0) is 20.0. The minimum absolute atomic E-state index is 0.190. The number of hydrogen-bond donors (Lipinski definition) is 0. The third-order valence-electron chi connectivity index (χ3n) is 5.50. The highest BCUT2D eigenvalue weighted by Gasteiger charge is 2.26. The molecule has 0 spiro atoms. The van der Waals surface area contributed by atoms with Crippen molar-refractivity contribution in [2.24, 2.45) is 0 Å². The molecule has 1 aromatic carbocycles. The molecule has 2 atom stereocenters. The highest BCUT2D eigenvalue weighted by Crippen LogP contribution is 2.34. The summed E-state index contributed by atoms with van der Waals surface area (Å²) in [6.07, 6.45) is 5.76. The fourth-order valence-electron chi connectivity index (χ4n) is 4.23. The summed E-state index contributed by atoms with van der Waals surface area (Å²) in [6.45, 7) is 5.28. The second-order valence-electron chi connectivity index (χ2n) is 7.65. The Morgan fingerprint density at radius 2 is 2.21 bits per heavy atom. The van der Waals surface area contributed by atoms with Crippen molar-refractivity contribution >= 4 is 21.9 Å². The third kappa shape index (κ3) is 3.13. The molecule has 4 heterocycles. The SMILES string of the molecule is Cc1cn(Cc2nc3cnc4ccc(C#N)cc4c3n2[C@@H]2CCO[C@H](C)C2)nn1. The fourth-order valence-corrected chi connectivity index (χ4v) is 4.23. The molecule has 0 unspecified atom stereocenters. The number of fused-ring (bicyclic) bond motifs is 3. The van der Waals surface area contributed by atoms with E-state index < -0.39 is 0 Å². The van der Waals surface area contributed by atoms with Crippen LogP contribution >= 0.6 is 0 Å². The van der Waals surface area contributed by atoms with Crippen LogP contribution in [0.25, 0.3) is 21.9 Å². The van der Waals surface area contributed by atoms with Crippen molar-refractivity contribution in [2.45, 2.75) is 45.4 Å². The second-order valence-corrected chi connectivity index (χ2v) is 7.65. The Morgan fingerprint density at radius 1 is 1.31 bits per heavy atom. The molecule has 8 nitrogen and oxygen atoms in total. The summed E-state index contributed by atoms with van der Waals surface area (Å²) in [4.78, 5) is 9.48. The molecule has 146 valence electrons. The van der Waals surface area contributed by atoms with Gasteiger partial charge in [0.2, 0.25) is 0 Å². The van der Waals surface area contributed by atoms with Crippen LogP contribution in [0, 0.1) is 18.3 Å². The summed E-state index contributed by atoms with van der Waals surface area (Å²) in [6, 6.07) is 8.12. The Hall–Kier alpha value is -3.31. The molecule has 1 fully saturated rings. The van der Waals surface area contributed by atoms with Gasteiger partial charge in [0.05, 0.1) is 40.7 Å². The van der Waals surface area contributed by atoms with Gasteiger partial charge < -0.3 is 9.30 Å². The molecule has 0 N–H and O–H groups in total. The van der Waals surface area contributed by atoms with Gasteiger partial charge in [0.1, 0.15) is 17.9 Å². The van der Waals surface area contributed by atoms with Gasteiger partial charge in [-0.2, -0.15) is 5.26 Å². The van der Waals surface area contributed by atoms with Gasteiger partial charge in [-0.3, -0.25) is 4.98 Å². The number of rotatable bonds is 3. The van der Waals surface area contributed by atoms with Crippen LogP contribution in [-0.2, 0) is 11.3 Å². The maximum absolute atomic E-state index is 9.40. The maximum Gasteiger partial charge on any atom is 0.132 e. The number of aryl methyl sites for hydroxylation is 1. The van der Waals surface area contributed by atoms with E-state index >= 15 is 0 Å². The monoisotopic (exact) mass is 387 g/mol. The molecule has 5 rings (SSSR count). The first-order chi connectivity index (χ1) is 14.1. The van der Waals surface area contributed by atoms with E-state index in [2.05, 4.69) is 32.9 Å². The van der Waals surface area contributed by atoms with Crippen molar-refractivity contribution in [3.05, 3.63) is 47.7 Å². The topological polar surface area (TPSA) is 94.4 Å². The van der Waals surface area contributed by atoms with Crippen molar-refractivity contribution in [3.63, 3.8) is 0 Å². The summed E-state index contributed by atoms with van der Waals surface area (Å²) in [5, 5.41) is 18.7. The summed E-state index contributed by atoms with van der Waals surface area (Å²) < 4.78 is 9.91. The molecule has 0 amide bonds. The Labute approximate surface area is 167 Å². The van der Waals surface area contributed by atoms with E-state index in [4.69, 9.17) is 9.72 Å². The fraction of sp³-hybridized carbons (Fsp3) is 0.381. The molecular formula is C21H21N7O. The van der Waals surface area contributed by atoms with Gasteiger partial charge in [0.15, 0.2) is 0 Å². The Bertz CT molecular complexity index is 1250. The lowest BCUT2D eigenvalue weighted by Gasteiger charge is -2.30. The molecule has 3 aromatic heterocycles. The molecule has 8 heteroatoms. The van der Waals surface area contributed by atoms with Crippen LogP contribution in [0.3, 0.4) is 0 Å². The van der Waals surface area contributed by atoms with Crippen molar-refractivity contribution in [2.75, 3.05) is 6.61 Å². The van der Waals surface area contributed by atoms with E-state index in [0.717, 1.165) is 52.9 Å². The lowest BCUT2D eigenvalue weighted by molar-refractivity contribution is 0.00619. The van der Waals surface area contributed by atoms with E-state index in [1.807, 2.05) is 36.1 Å². The Kier molecular flexibility index (Phi) is 4.25. The van der Waals surface area contributed by atoms with Crippen LogP contribution in [0.2, 0.25) is 0 Å². The van der Waals surface area contributed by atoms with Gasteiger partial charge in [0.25, 0.3) is 0 Å².